The average molecular weight is 301 g/mol. The molecule has 0 aliphatic carbocycles. The summed E-state index contributed by atoms with van der Waals surface area (Å²) in [7, 11) is -3.77. The van der Waals surface area contributed by atoms with Crippen molar-refractivity contribution in [3.8, 4) is 6.07 Å². The quantitative estimate of drug-likeness (QED) is 0.914. The van der Waals surface area contributed by atoms with Crippen LogP contribution in [0.25, 0.3) is 0 Å². The molecule has 0 amide bonds. The summed E-state index contributed by atoms with van der Waals surface area (Å²) in [4.78, 5) is -0.0754. The van der Waals surface area contributed by atoms with Gasteiger partial charge in [-0.25, -0.2) is 8.42 Å². The van der Waals surface area contributed by atoms with E-state index in [-0.39, 0.29) is 22.1 Å². The standard InChI is InChI=1S/C12H13ClN2O3S/c13-11-4-3-9(7-14)6-12(11)19(17,18)15-5-1-2-10(15)8-16/h3-4,6,10,16H,1-2,5,8H2/t10-/m1/s1. The molecule has 0 spiro atoms. The molecule has 0 saturated carbocycles. The highest BCUT2D eigenvalue weighted by molar-refractivity contribution is 7.89. The zero-order chi connectivity index (χ0) is 14.0. The molecule has 1 N–H and O–H groups in total. The first-order chi connectivity index (χ1) is 9.00. The second-order valence-electron chi connectivity index (χ2n) is 4.35. The molecule has 1 aliphatic heterocycles. The van der Waals surface area contributed by atoms with Gasteiger partial charge in [-0.3, -0.25) is 0 Å². The SMILES string of the molecule is N#Cc1ccc(Cl)c(S(=O)(=O)N2CCC[C@@H]2CO)c1. The number of halogens is 1. The Morgan fingerprint density at radius 3 is 2.89 bits per heavy atom. The minimum atomic E-state index is -3.77. The van der Waals surface area contributed by atoms with E-state index in [1.165, 1.54) is 22.5 Å². The molecule has 7 heteroatoms. The summed E-state index contributed by atoms with van der Waals surface area (Å²) in [6.45, 7) is 0.148. The van der Waals surface area contributed by atoms with Crippen LogP contribution < -0.4 is 0 Å². The molecule has 5 nitrogen and oxygen atoms in total. The highest BCUT2D eigenvalue weighted by Gasteiger charge is 2.36. The maximum Gasteiger partial charge on any atom is 0.244 e. The van der Waals surface area contributed by atoms with Crippen LogP contribution in [0, 0.1) is 11.3 Å². The molecule has 0 aromatic heterocycles. The van der Waals surface area contributed by atoms with Gasteiger partial charge >= 0.3 is 0 Å². The van der Waals surface area contributed by atoms with E-state index in [9.17, 15) is 13.5 Å². The first-order valence-corrected chi connectivity index (χ1v) is 7.65. The molecule has 1 aromatic rings. The van der Waals surface area contributed by atoms with Gasteiger partial charge < -0.3 is 5.11 Å². The lowest BCUT2D eigenvalue weighted by atomic mass is 10.2. The van der Waals surface area contributed by atoms with Crippen molar-refractivity contribution in [3.63, 3.8) is 0 Å². The third-order valence-electron chi connectivity index (χ3n) is 3.18. The van der Waals surface area contributed by atoms with Crippen LogP contribution in [0.5, 0.6) is 0 Å². The Balaban J connectivity index is 2.48. The number of aliphatic hydroxyl groups is 1. The molecule has 1 saturated heterocycles. The van der Waals surface area contributed by atoms with Crippen molar-refractivity contribution < 1.29 is 13.5 Å². The van der Waals surface area contributed by atoms with E-state index >= 15 is 0 Å². The van der Waals surface area contributed by atoms with Crippen LogP contribution in [0.3, 0.4) is 0 Å². The Morgan fingerprint density at radius 1 is 1.53 bits per heavy atom. The molecule has 1 fully saturated rings. The van der Waals surface area contributed by atoms with Crippen LogP contribution in [-0.2, 0) is 10.0 Å². The molecule has 1 aliphatic rings. The average Bonchev–Trinajstić information content (AvgIpc) is 2.88. The Kier molecular flexibility index (Phi) is 4.11. The van der Waals surface area contributed by atoms with E-state index in [0.717, 1.165) is 0 Å². The number of nitrogens with zero attached hydrogens (tertiary/aromatic N) is 2. The van der Waals surface area contributed by atoms with Crippen LogP contribution in [0.2, 0.25) is 5.02 Å². The molecule has 2 rings (SSSR count). The summed E-state index contributed by atoms with van der Waals surface area (Å²) >= 11 is 5.93. The molecule has 1 aromatic carbocycles. The summed E-state index contributed by atoms with van der Waals surface area (Å²) in [5.41, 5.74) is 0.239. The van der Waals surface area contributed by atoms with Crippen molar-refractivity contribution >= 4 is 21.6 Å². The van der Waals surface area contributed by atoms with E-state index in [0.29, 0.717) is 19.4 Å². The lowest BCUT2D eigenvalue weighted by Crippen LogP contribution is -2.37. The van der Waals surface area contributed by atoms with Crippen LogP contribution in [0.15, 0.2) is 23.1 Å². The molecule has 1 atom stereocenters. The van der Waals surface area contributed by atoms with E-state index in [2.05, 4.69) is 0 Å². The molecular formula is C12H13ClN2O3S. The summed E-state index contributed by atoms with van der Waals surface area (Å²) in [5, 5.41) is 18.2. The topological polar surface area (TPSA) is 81.4 Å². The molecule has 0 bridgehead atoms. The number of benzene rings is 1. The Hall–Kier alpha value is -1.13. The minimum Gasteiger partial charge on any atom is -0.395 e. The third kappa shape index (κ3) is 2.60. The van der Waals surface area contributed by atoms with Crippen molar-refractivity contribution in [3.05, 3.63) is 28.8 Å². The smallest absolute Gasteiger partial charge is 0.244 e. The highest BCUT2D eigenvalue weighted by atomic mass is 35.5. The van der Waals surface area contributed by atoms with Crippen LogP contribution >= 0.6 is 11.6 Å². The maximum atomic E-state index is 12.5. The lowest BCUT2D eigenvalue weighted by molar-refractivity contribution is 0.213. The van der Waals surface area contributed by atoms with Gasteiger partial charge in [-0.15, -0.1) is 0 Å². The second-order valence-corrected chi connectivity index (χ2v) is 6.62. The Labute approximate surface area is 117 Å². The van der Waals surface area contributed by atoms with E-state index in [1.807, 2.05) is 6.07 Å². The fourth-order valence-corrected chi connectivity index (χ4v) is 4.39. The van der Waals surface area contributed by atoms with Crippen molar-refractivity contribution in [2.75, 3.05) is 13.2 Å². The molecule has 1 heterocycles. The first-order valence-electron chi connectivity index (χ1n) is 5.83. The van der Waals surface area contributed by atoms with Gasteiger partial charge in [0.1, 0.15) is 4.90 Å². The molecular weight excluding hydrogens is 288 g/mol. The van der Waals surface area contributed by atoms with Crippen LogP contribution in [0.4, 0.5) is 0 Å². The van der Waals surface area contributed by atoms with E-state index < -0.39 is 16.1 Å². The molecule has 0 unspecified atom stereocenters. The third-order valence-corrected chi connectivity index (χ3v) is 5.61. The van der Waals surface area contributed by atoms with Crippen molar-refractivity contribution in [1.82, 2.24) is 4.31 Å². The van der Waals surface area contributed by atoms with Gasteiger partial charge in [0.05, 0.1) is 23.3 Å². The summed E-state index contributed by atoms with van der Waals surface area (Å²) < 4.78 is 26.3. The Bertz CT molecular complexity index is 624. The molecule has 102 valence electrons. The van der Waals surface area contributed by atoms with Crippen molar-refractivity contribution in [2.24, 2.45) is 0 Å². The summed E-state index contributed by atoms with van der Waals surface area (Å²) in [6, 6.07) is 5.62. The van der Waals surface area contributed by atoms with E-state index in [4.69, 9.17) is 16.9 Å². The monoisotopic (exact) mass is 300 g/mol. The van der Waals surface area contributed by atoms with Gasteiger partial charge in [0.2, 0.25) is 10.0 Å². The number of hydrogen-bond donors (Lipinski definition) is 1. The number of aliphatic hydroxyl groups excluding tert-OH is 1. The summed E-state index contributed by atoms with van der Waals surface area (Å²) in [6.07, 6.45) is 1.34. The molecule has 0 radical (unpaired) electrons. The fourth-order valence-electron chi connectivity index (χ4n) is 2.21. The van der Waals surface area contributed by atoms with Crippen molar-refractivity contribution in [1.29, 1.82) is 5.26 Å². The summed E-state index contributed by atoms with van der Waals surface area (Å²) in [5.74, 6) is 0. The van der Waals surface area contributed by atoms with E-state index in [1.54, 1.807) is 0 Å². The van der Waals surface area contributed by atoms with Gasteiger partial charge in [0.25, 0.3) is 0 Å². The zero-order valence-corrected chi connectivity index (χ0v) is 11.7. The first kappa shape index (κ1) is 14.3. The largest absolute Gasteiger partial charge is 0.395 e. The minimum absolute atomic E-state index is 0.0754. The van der Waals surface area contributed by atoms with Gasteiger partial charge in [-0.2, -0.15) is 9.57 Å². The maximum absolute atomic E-state index is 12.5. The Morgan fingerprint density at radius 2 is 2.26 bits per heavy atom. The van der Waals surface area contributed by atoms with Crippen molar-refractivity contribution in [2.45, 2.75) is 23.8 Å². The second kappa shape index (κ2) is 5.47. The van der Waals surface area contributed by atoms with Crippen LogP contribution in [-0.4, -0.2) is 37.0 Å². The number of hydrogen-bond acceptors (Lipinski definition) is 4. The van der Waals surface area contributed by atoms with Gasteiger partial charge in [0, 0.05) is 12.6 Å². The van der Waals surface area contributed by atoms with Gasteiger partial charge in [-0.1, -0.05) is 11.6 Å². The number of rotatable bonds is 3. The predicted octanol–water partition coefficient (Wildman–Crippen LogP) is 1.36. The number of sulfonamides is 1. The van der Waals surface area contributed by atoms with Gasteiger partial charge in [0.15, 0.2) is 0 Å². The molecule has 19 heavy (non-hydrogen) atoms. The number of nitriles is 1. The zero-order valence-electron chi connectivity index (χ0n) is 10.1. The predicted molar refractivity (Wildman–Crippen MR) is 70.2 cm³/mol. The lowest BCUT2D eigenvalue weighted by Gasteiger charge is -2.23. The normalized spacial score (nSPS) is 20.4. The van der Waals surface area contributed by atoms with Crippen LogP contribution in [0.1, 0.15) is 18.4 Å². The highest BCUT2D eigenvalue weighted by Crippen LogP contribution is 2.30. The fraction of sp³-hybridized carbons (Fsp3) is 0.417. The van der Waals surface area contributed by atoms with Gasteiger partial charge in [-0.05, 0) is 31.0 Å².